The normalized spacial score (nSPS) is 13.0. The van der Waals surface area contributed by atoms with E-state index in [1.165, 1.54) is 24.9 Å². The third kappa shape index (κ3) is 10.3. The molecule has 0 radical (unpaired) electrons. The first-order valence-electron chi connectivity index (χ1n) is 7.61. The zero-order valence-electron chi connectivity index (χ0n) is 13.5. The molecule has 0 heterocycles. The average molecular weight is 291 g/mol. The van der Waals surface area contributed by atoms with Gasteiger partial charge in [0.15, 0.2) is 0 Å². The zero-order chi connectivity index (χ0) is 14.1. The minimum Gasteiger partial charge on any atom is -0.394 e. The maximum Gasteiger partial charge on any atom is 0.334 e. The Labute approximate surface area is 117 Å². The van der Waals surface area contributed by atoms with Crippen LogP contribution in [0.2, 0.25) is 38.3 Å². The number of unbranched alkanes of at least 4 members (excludes halogenated alkanes) is 2. The second-order valence-electron chi connectivity index (χ2n) is 6.60. The molecule has 18 heavy (non-hydrogen) atoms. The SMILES string of the molecule is CCCCO[Si](C)(CC[Si](C)(C)C)OCCCC. The van der Waals surface area contributed by atoms with Crippen molar-refractivity contribution < 1.29 is 8.85 Å². The molecule has 0 unspecified atom stereocenters. The highest BCUT2D eigenvalue weighted by molar-refractivity contribution is 6.78. The Morgan fingerprint density at radius 3 is 1.50 bits per heavy atom. The summed E-state index contributed by atoms with van der Waals surface area (Å²) in [6.45, 7) is 15.7. The largest absolute Gasteiger partial charge is 0.394 e. The Morgan fingerprint density at radius 2 is 1.17 bits per heavy atom. The molecule has 0 aliphatic carbocycles. The van der Waals surface area contributed by atoms with E-state index in [9.17, 15) is 0 Å². The van der Waals surface area contributed by atoms with E-state index in [1.54, 1.807) is 0 Å². The molecule has 0 N–H and O–H groups in total. The molecule has 0 saturated carbocycles. The fourth-order valence-electron chi connectivity index (χ4n) is 1.65. The van der Waals surface area contributed by atoms with Crippen molar-refractivity contribution in [2.45, 2.75) is 77.8 Å². The molecular formula is C14H34O2Si2. The van der Waals surface area contributed by atoms with Crippen molar-refractivity contribution in [1.82, 2.24) is 0 Å². The summed E-state index contributed by atoms with van der Waals surface area (Å²) >= 11 is 0. The standard InChI is InChI=1S/C14H34O2Si2/c1-7-9-11-15-18(6,16-12-10-8-2)14-13-17(3,4)5/h7-14H2,1-6H3. The van der Waals surface area contributed by atoms with Gasteiger partial charge in [0.05, 0.1) is 0 Å². The molecule has 2 nitrogen and oxygen atoms in total. The van der Waals surface area contributed by atoms with Crippen LogP contribution in [0, 0.1) is 0 Å². The van der Waals surface area contributed by atoms with E-state index < -0.39 is 16.6 Å². The summed E-state index contributed by atoms with van der Waals surface area (Å²) in [5.41, 5.74) is 0. The molecular weight excluding hydrogens is 256 g/mol. The monoisotopic (exact) mass is 290 g/mol. The van der Waals surface area contributed by atoms with E-state index in [4.69, 9.17) is 8.85 Å². The lowest BCUT2D eigenvalue weighted by Gasteiger charge is -2.29. The van der Waals surface area contributed by atoms with Crippen molar-refractivity contribution in [3.8, 4) is 0 Å². The Bertz CT molecular complexity index is 192. The van der Waals surface area contributed by atoms with Gasteiger partial charge in [0, 0.05) is 21.3 Å². The summed E-state index contributed by atoms with van der Waals surface area (Å²) in [4.78, 5) is 0. The predicted molar refractivity (Wildman–Crippen MR) is 86.3 cm³/mol. The molecule has 0 aromatic rings. The number of hydrogen-bond donors (Lipinski definition) is 0. The molecule has 0 aliphatic rings. The highest BCUT2D eigenvalue weighted by Gasteiger charge is 2.33. The molecule has 4 heteroatoms. The van der Waals surface area contributed by atoms with Gasteiger partial charge in [0.2, 0.25) is 0 Å². The van der Waals surface area contributed by atoms with Gasteiger partial charge >= 0.3 is 8.56 Å². The Kier molecular flexibility index (Phi) is 9.47. The quantitative estimate of drug-likeness (QED) is 0.392. The van der Waals surface area contributed by atoms with E-state index in [1.807, 2.05) is 0 Å². The van der Waals surface area contributed by atoms with Crippen LogP contribution in [0.25, 0.3) is 0 Å². The molecule has 0 spiro atoms. The van der Waals surface area contributed by atoms with Crippen LogP contribution in [0.15, 0.2) is 0 Å². The van der Waals surface area contributed by atoms with Crippen molar-refractivity contribution in [2.75, 3.05) is 13.2 Å². The van der Waals surface area contributed by atoms with E-state index in [2.05, 4.69) is 40.0 Å². The Morgan fingerprint density at radius 1 is 0.722 bits per heavy atom. The smallest absolute Gasteiger partial charge is 0.334 e. The molecule has 0 aliphatic heterocycles. The van der Waals surface area contributed by atoms with Crippen LogP contribution in [0.1, 0.15) is 39.5 Å². The molecule has 0 rings (SSSR count). The minimum absolute atomic E-state index is 0.886. The van der Waals surface area contributed by atoms with Crippen molar-refractivity contribution in [3.05, 3.63) is 0 Å². The van der Waals surface area contributed by atoms with Gasteiger partial charge in [0.1, 0.15) is 0 Å². The summed E-state index contributed by atoms with van der Waals surface area (Å²) in [7, 11) is -2.89. The zero-order valence-corrected chi connectivity index (χ0v) is 15.5. The van der Waals surface area contributed by atoms with E-state index in [0.717, 1.165) is 26.1 Å². The third-order valence-corrected chi connectivity index (χ3v) is 8.18. The van der Waals surface area contributed by atoms with Gasteiger partial charge in [-0.05, 0) is 25.4 Å². The lowest BCUT2D eigenvalue weighted by Crippen LogP contribution is -2.41. The van der Waals surface area contributed by atoms with Crippen LogP contribution in [-0.2, 0) is 8.85 Å². The summed E-state index contributed by atoms with van der Waals surface area (Å²) in [5.74, 6) is 0. The molecule has 110 valence electrons. The van der Waals surface area contributed by atoms with Crippen LogP contribution in [0.4, 0.5) is 0 Å². The fraction of sp³-hybridized carbons (Fsp3) is 1.00. The second-order valence-corrected chi connectivity index (χ2v) is 15.6. The Balaban J connectivity index is 4.20. The summed E-state index contributed by atoms with van der Waals surface area (Å²) in [6, 6.07) is 2.50. The van der Waals surface area contributed by atoms with Crippen molar-refractivity contribution in [3.63, 3.8) is 0 Å². The number of rotatable bonds is 11. The van der Waals surface area contributed by atoms with Crippen LogP contribution in [0.5, 0.6) is 0 Å². The van der Waals surface area contributed by atoms with E-state index >= 15 is 0 Å². The summed E-state index contributed by atoms with van der Waals surface area (Å²) in [5, 5.41) is 0. The number of hydrogen-bond acceptors (Lipinski definition) is 2. The minimum atomic E-state index is -1.90. The summed E-state index contributed by atoms with van der Waals surface area (Å²) in [6.07, 6.45) is 4.72. The van der Waals surface area contributed by atoms with Gasteiger partial charge in [-0.25, -0.2) is 0 Å². The topological polar surface area (TPSA) is 18.5 Å². The molecule has 0 aromatic carbocycles. The van der Waals surface area contributed by atoms with E-state index in [-0.39, 0.29) is 0 Å². The molecule has 0 bridgehead atoms. The van der Waals surface area contributed by atoms with Crippen LogP contribution < -0.4 is 0 Å². The Hall–Kier alpha value is 0.354. The molecule has 0 aromatic heterocycles. The molecule has 0 atom stereocenters. The maximum atomic E-state index is 6.15. The fourth-order valence-corrected chi connectivity index (χ4v) is 7.99. The molecule has 0 fully saturated rings. The van der Waals surface area contributed by atoms with Gasteiger partial charge in [-0.3, -0.25) is 0 Å². The summed E-state index contributed by atoms with van der Waals surface area (Å²) < 4.78 is 12.3. The highest BCUT2D eigenvalue weighted by atomic mass is 28.4. The second kappa shape index (κ2) is 9.29. The van der Waals surface area contributed by atoms with Crippen molar-refractivity contribution in [2.24, 2.45) is 0 Å². The molecule has 0 amide bonds. The first-order chi connectivity index (χ1) is 8.33. The van der Waals surface area contributed by atoms with Crippen molar-refractivity contribution >= 4 is 16.6 Å². The lowest BCUT2D eigenvalue weighted by molar-refractivity contribution is 0.170. The van der Waals surface area contributed by atoms with Gasteiger partial charge in [0.25, 0.3) is 0 Å². The lowest BCUT2D eigenvalue weighted by atomic mass is 10.4. The van der Waals surface area contributed by atoms with Gasteiger partial charge < -0.3 is 8.85 Å². The van der Waals surface area contributed by atoms with Crippen LogP contribution in [0.3, 0.4) is 0 Å². The third-order valence-electron chi connectivity index (χ3n) is 3.14. The van der Waals surface area contributed by atoms with Crippen LogP contribution >= 0.6 is 0 Å². The van der Waals surface area contributed by atoms with Gasteiger partial charge in [-0.15, -0.1) is 0 Å². The van der Waals surface area contributed by atoms with Crippen LogP contribution in [-0.4, -0.2) is 29.8 Å². The highest BCUT2D eigenvalue weighted by Crippen LogP contribution is 2.23. The van der Waals surface area contributed by atoms with E-state index in [0.29, 0.717) is 0 Å². The first-order valence-corrected chi connectivity index (χ1v) is 13.8. The van der Waals surface area contributed by atoms with Crippen molar-refractivity contribution in [1.29, 1.82) is 0 Å². The molecule has 0 saturated heterocycles. The maximum absolute atomic E-state index is 6.15. The average Bonchev–Trinajstić information content (AvgIpc) is 2.27. The van der Waals surface area contributed by atoms with Gasteiger partial charge in [-0.2, -0.15) is 0 Å². The first kappa shape index (κ1) is 18.4. The van der Waals surface area contributed by atoms with Gasteiger partial charge in [-0.1, -0.05) is 52.4 Å². The predicted octanol–water partition coefficient (Wildman–Crippen LogP) is 5.03.